The Labute approximate surface area is 72.3 Å². The van der Waals surface area contributed by atoms with Gasteiger partial charge in [-0.2, -0.15) is 0 Å². The van der Waals surface area contributed by atoms with Crippen molar-refractivity contribution in [2.75, 3.05) is 0 Å². The minimum Gasteiger partial charge on any atom is -0.459 e. The second-order valence-corrected chi connectivity index (χ2v) is 4.62. The van der Waals surface area contributed by atoms with Crippen molar-refractivity contribution in [2.45, 2.75) is 44.1 Å². The van der Waals surface area contributed by atoms with E-state index in [1.54, 1.807) is 0 Å². The summed E-state index contributed by atoms with van der Waals surface area (Å²) in [5, 5.41) is 0. The van der Waals surface area contributed by atoms with Gasteiger partial charge in [0.05, 0.1) is 0 Å². The van der Waals surface area contributed by atoms with Gasteiger partial charge < -0.3 is 4.74 Å². The lowest BCUT2D eigenvalue weighted by molar-refractivity contribution is -0.152. The maximum Gasteiger partial charge on any atom is 0.306 e. The zero-order chi connectivity index (χ0) is 8.18. The molecule has 0 aromatic carbocycles. The van der Waals surface area contributed by atoms with Gasteiger partial charge in [0.2, 0.25) is 0 Å². The summed E-state index contributed by atoms with van der Waals surface area (Å²) in [6.07, 6.45) is 6.86. The number of ether oxygens (including phenoxy) is 1. The van der Waals surface area contributed by atoms with Crippen molar-refractivity contribution in [3.63, 3.8) is 0 Å². The molecule has 12 heavy (non-hydrogen) atoms. The Hall–Kier alpha value is -0.530. The summed E-state index contributed by atoms with van der Waals surface area (Å²) in [4.78, 5) is 11.1. The molecule has 0 radical (unpaired) electrons. The molecule has 1 heterocycles. The van der Waals surface area contributed by atoms with Crippen LogP contribution in [0.1, 0.15) is 38.5 Å². The van der Waals surface area contributed by atoms with Gasteiger partial charge in [-0.1, -0.05) is 0 Å². The molecule has 2 saturated carbocycles. The molecule has 1 aliphatic heterocycles. The molecular weight excluding hydrogens is 152 g/mol. The monoisotopic (exact) mass is 166 g/mol. The van der Waals surface area contributed by atoms with Crippen molar-refractivity contribution in [3.8, 4) is 0 Å². The van der Waals surface area contributed by atoms with Crippen molar-refractivity contribution < 1.29 is 9.53 Å². The zero-order valence-corrected chi connectivity index (χ0v) is 7.21. The van der Waals surface area contributed by atoms with Gasteiger partial charge in [0.25, 0.3) is 0 Å². The molecule has 0 amide bonds. The van der Waals surface area contributed by atoms with Crippen LogP contribution in [-0.4, -0.2) is 11.6 Å². The van der Waals surface area contributed by atoms with Gasteiger partial charge in [0.1, 0.15) is 5.60 Å². The van der Waals surface area contributed by atoms with E-state index in [2.05, 4.69) is 0 Å². The number of hydrogen-bond donors (Lipinski definition) is 0. The number of hydrogen-bond acceptors (Lipinski definition) is 2. The Morgan fingerprint density at radius 1 is 1.42 bits per heavy atom. The van der Waals surface area contributed by atoms with E-state index in [0.717, 1.165) is 12.3 Å². The maximum atomic E-state index is 11.1. The predicted octanol–water partition coefficient (Wildman–Crippen LogP) is 1.88. The molecule has 3 aliphatic rings. The van der Waals surface area contributed by atoms with E-state index in [1.807, 2.05) is 0 Å². The Morgan fingerprint density at radius 2 is 2.33 bits per heavy atom. The van der Waals surface area contributed by atoms with Crippen LogP contribution in [0.4, 0.5) is 0 Å². The standard InChI is InChI=1S/C10H14O2/c11-9-3-4-10(12-9)6-7-1-2-8(10)5-7/h7-8H,1-6H2/t7-,8+,10+/m0/s1. The second kappa shape index (κ2) is 2.04. The summed E-state index contributed by atoms with van der Waals surface area (Å²) in [6.45, 7) is 0. The SMILES string of the molecule is O=C1CC[C@]2(C[C@H]3CC[C@@H]2C3)O1. The van der Waals surface area contributed by atoms with E-state index in [4.69, 9.17) is 4.74 Å². The molecule has 3 atom stereocenters. The van der Waals surface area contributed by atoms with Gasteiger partial charge in [0.15, 0.2) is 0 Å². The number of esters is 1. The minimum absolute atomic E-state index is 0.0278. The van der Waals surface area contributed by atoms with Gasteiger partial charge in [-0.3, -0.25) is 4.79 Å². The lowest BCUT2D eigenvalue weighted by Gasteiger charge is -2.31. The Bertz CT molecular complexity index is 236. The van der Waals surface area contributed by atoms with Crippen LogP contribution in [0.3, 0.4) is 0 Å². The summed E-state index contributed by atoms with van der Waals surface area (Å²) >= 11 is 0. The number of rotatable bonds is 0. The average molecular weight is 166 g/mol. The van der Waals surface area contributed by atoms with Gasteiger partial charge in [-0.25, -0.2) is 0 Å². The Morgan fingerprint density at radius 3 is 2.83 bits per heavy atom. The lowest BCUT2D eigenvalue weighted by Crippen LogP contribution is -2.34. The molecule has 2 heteroatoms. The van der Waals surface area contributed by atoms with Crippen LogP contribution in [0, 0.1) is 11.8 Å². The van der Waals surface area contributed by atoms with Gasteiger partial charge in [0, 0.05) is 6.42 Å². The summed E-state index contributed by atoms with van der Waals surface area (Å²) in [5.41, 5.74) is 0.0278. The van der Waals surface area contributed by atoms with E-state index < -0.39 is 0 Å². The van der Waals surface area contributed by atoms with Crippen molar-refractivity contribution in [2.24, 2.45) is 11.8 Å². The molecule has 3 rings (SSSR count). The van der Waals surface area contributed by atoms with Crippen LogP contribution in [0.15, 0.2) is 0 Å². The average Bonchev–Trinajstić information content (AvgIpc) is 2.67. The Balaban J connectivity index is 1.88. The summed E-state index contributed by atoms with van der Waals surface area (Å²) in [6, 6.07) is 0. The summed E-state index contributed by atoms with van der Waals surface area (Å²) in [7, 11) is 0. The minimum atomic E-state index is 0.0278. The van der Waals surface area contributed by atoms with Crippen LogP contribution in [-0.2, 0) is 9.53 Å². The fourth-order valence-electron chi connectivity index (χ4n) is 3.47. The highest BCUT2D eigenvalue weighted by atomic mass is 16.6. The number of fused-ring (bicyclic) bond motifs is 3. The molecule has 66 valence electrons. The molecule has 2 bridgehead atoms. The van der Waals surface area contributed by atoms with Gasteiger partial charge in [-0.05, 0) is 43.9 Å². The van der Waals surface area contributed by atoms with E-state index in [1.165, 1.54) is 25.7 Å². The lowest BCUT2D eigenvalue weighted by atomic mass is 9.82. The molecule has 0 unspecified atom stereocenters. The van der Waals surface area contributed by atoms with Crippen LogP contribution in [0.2, 0.25) is 0 Å². The molecule has 2 aliphatic carbocycles. The Kier molecular flexibility index (Phi) is 1.18. The van der Waals surface area contributed by atoms with Crippen molar-refractivity contribution in [3.05, 3.63) is 0 Å². The molecule has 0 aromatic heterocycles. The highest BCUT2D eigenvalue weighted by molar-refractivity contribution is 5.72. The normalized spacial score (nSPS) is 50.5. The predicted molar refractivity (Wildman–Crippen MR) is 43.5 cm³/mol. The van der Waals surface area contributed by atoms with Crippen LogP contribution in [0.25, 0.3) is 0 Å². The first kappa shape index (κ1) is 6.93. The third kappa shape index (κ3) is 0.732. The van der Waals surface area contributed by atoms with Crippen molar-refractivity contribution in [1.29, 1.82) is 0 Å². The number of carbonyl (C=O) groups is 1. The van der Waals surface area contributed by atoms with E-state index in [0.29, 0.717) is 12.3 Å². The first-order valence-corrected chi connectivity index (χ1v) is 5.00. The fraction of sp³-hybridized carbons (Fsp3) is 0.900. The largest absolute Gasteiger partial charge is 0.459 e. The maximum absolute atomic E-state index is 11.1. The molecule has 0 N–H and O–H groups in total. The molecule has 0 aromatic rings. The summed E-state index contributed by atoms with van der Waals surface area (Å²) in [5.74, 6) is 1.64. The van der Waals surface area contributed by atoms with Crippen molar-refractivity contribution >= 4 is 5.97 Å². The third-order valence-corrected chi connectivity index (χ3v) is 3.99. The molecular formula is C10H14O2. The smallest absolute Gasteiger partial charge is 0.306 e. The van der Waals surface area contributed by atoms with E-state index >= 15 is 0 Å². The molecule has 1 spiro atoms. The topological polar surface area (TPSA) is 26.3 Å². The quantitative estimate of drug-likeness (QED) is 0.513. The molecule has 1 saturated heterocycles. The van der Waals surface area contributed by atoms with Crippen LogP contribution >= 0.6 is 0 Å². The van der Waals surface area contributed by atoms with E-state index in [-0.39, 0.29) is 11.6 Å². The first-order chi connectivity index (χ1) is 5.78. The van der Waals surface area contributed by atoms with Crippen LogP contribution in [0.5, 0.6) is 0 Å². The zero-order valence-electron chi connectivity index (χ0n) is 7.21. The fourth-order valence-corrected chi connectivity index (χ4v) is 3.47. The first-order valence-electron chi connectivity index (χ1n) is 5.00. The van der Waals surface area contributed by atoms with Gasteiger partial charge >= 0.3 is 5.97 Å². The second-order valence-electron chi connectivity index (χ2n) is 4.62. The highest BCUT2D eigenvalue weighted by Gasteiger charge is 2.55. The molecule has 2 nitrogen and oxygen atoms in total. The molecule has 3 fully saturated rings. The highest BCUT2D eigenvalue weighted by Crippen LogP contribution is 2.56. The third-order valence-electron chi connectivity index (χ3n) is 3.99. The van der Waals surface area contributed by atoms with Crippen LogP contribution < -0.4 is 0 Å². The van der Waals surface area contributed by atoms with Gasteiger partial charge in [-0.15, -0.1) is 0 Å². The van der Waals surface area contributed by atoms with Crippen molar-refractivity contribution in [1.82, 2.24) is 0 Å². The number of carbonyl (C=O) groups excluding carboxylic acids is 1. The summed E-state index contributed by atoms with van der Waals surface area (Å²) < 4.78 is 5.50. The van der Waals surface area contributed by atoms with E-state index in [9.17, 15) is 4.79 Å².